The molecule has 2 nitrogen and oxygen atoms in total. The summed E-state index contributed by atoms with van der Waals surface area (Å²) in [5.74, 6) is 1.03. The molecule has 0 amide bonds. The summed E-state index contributed by atoms with van der Waals surface area (Å²) in [6.07, 6.45) is 1.86. The molecule has 1 atom stereocenters. The number of aromatic nitrogens is 1. The van der Waals surface area contributed by atoms with Crippen molar-refractivity contribution >= 4 is 11.8 Å². The van der Waals surface area contributed by atoms with E-state index in [0.717, 1.165) is 18.0 Å². The Morgan fingerprint density at radius 3 is 2.44 bits per heavy atom. The van der Waals surface area contributed by atoms with Crippen LogP contribution in [0.2, 0.25) is 0 Å². The largest absolute Gasteiger partial charge is 0.304 e. The van der Waals surface area contributed by atoms with Crippen LogP contribution in [0.25, 0.3) is 0 Å². The first-order valence-electron chi connectivity index (χ1n) is 8.63. The normalized spacial score (nSPS) is 12.1. The first-order chi connectivity index (χ1) is 12.2. The summed E-state index contributed by atoms with van der Waals surface area (Å²) in [5, 5.41) is 3.67. The summed E-state index contributed by atoms with van der Waals surface area (Å²) in [6.45, 7) is 5.25. The fourth-order valence-corrected chi connectivity index (χ4v) is 3.64. The lowest BCUT2D eigenvalue weighted by Gasteiger charge is -2.19. The third-order valence-electron chi connectivity index (χ3n) is 4.31. The van der Waals surface area contributed by atoms with Gasteiger partial charge in [0, 0.05) is 23.4 Å². The van der Waals surface area contributed by atoms with Crippen molar-refractivity contribution in [3.8, 4) is 0 Å². The van der Waals surface area contributed by atoms with Crippen molar-refractivity contribution in [1.29, 1.82) is 0 Å². The van der Waals surface area contributed by atoms with Crippen molar-refractivity contribution in [3.63, 3.8) is 0 Å². The number of hydrogen-bond acceptors (Lipinski definition) is 3. The van der Waals surface area contributed by atoms with Gasteiger partial charge in [0.1, 0.15) is 0 Å². The molecule has 3 heteroatoms. The van der Waals surface area contributed by atoms with Gasteiger partial charge in [-0.15, -0.1) is 11.8 Å². The minimum Gasteiger partial charge on any atom is -0.304 e. The maximum atomic E-state index is 4.54. The zero-order valence-corrected chi connectivity index (χ0v) is 15.6. The molecule has 1 N–H and O–H groups in total. The van der Waals surface area contributed by atoms with Gasteiger partial charge in [0.15, 0.2) is 0 Å². The summed E-state index contributed by atoms with van der Waals surface area (Å²) >= 11 is 1.89. The third kappa shape index (κ3) is 4.94. The summed E-state index contributed by atoms with van der Waals surface area (Å²) in [4.78, 5) is 5.88. The van der Waals surface area contributed by atoms with Gasteiger partial charge < -0.3 is 5.32 Å². The van der Waals surface area contributed by atoms with Gasteiger partial charge in [-0.05, 0) is 54.8 Å². The van der Waals surface area contributed by atoms with E-state index in [4.69, 9.17) is 0 Å². The number of rotatable bonds is 7. The summed E-state index contributed by atoms with van der Waals surface area (Å²) < 4.78 is 0. The van der Waals surface area contributed by atoms with E-state index >= 15 is 0 Å². The van der Waals surface area contributed by atoms with Crippen molar-refractivity contribution in [2.75, 3.05) is 12.3 Å². The van der Waals surface area contributed by atoms with Gasteiger partial charge in [-0.1, -0.05) is 42.5 Å². The Bertz CT molecular complexity index is 748. The fraction of sp³-hybridized carbons (Fsp3) is 0.227. The number of benzene rings is 2. The molecule has 0 spiro atoms. The highest BCUT2D eigenvalue weighted by Gasteiger charge is 2.13. The third-order valence-corrected chi connectivity index (χ3v) is 5.31. The molecule has 0 radical (unpaired) electrons. The van der Waals surface area contributed by atoms with Crippen molar-refractivity contribution < 1.29 is 0 Å². The second-order valence-electron chi connectivity index (χ2n) is 6.15. The average molecular weight is 349 g/mol. The molecule has 0 fully saturated rings. The molecule has 0 saturated heterocycles. The maximum absolute atomic E-state index is 4.54. The lowest BCUT2D eigenvalue weighted by molar-refractivity contribution is 0.619. The lowest BCUT2D eigenvalue weighted by atomic mass is 10.0. The topological polar surface area (TPSA) is 24.9 Å². The van der Waals surface area contributed by atoms with Gasteiger partial charge in [-0.3, -0.25) is 4.98 Å². The van der Waals surface area contributed by atoms with Crippen LogP contribution in [0.5, 0.6) is 0 Å². The Labute approximate surface area is 154 Å². The molecule has 128 valence electrons. The summed E-state index contributed by atoms with van der Waals surface area (Å²) in [5.41, 5.74) is 5.01. The Morgan fingerprint density at radius 1 is 0.920 bits per heavy atom. The lowest BCUT2D eigenvalue weighted by Crippen LogP contribution is -2.25. The summed E-state index contributed by atoms with van der Waals surface area (Å²) in [7, 11) is 0. The Morgan fingerprint density at radius 2 is 1.72 bits per heavy atom. The average Bonchev–Trinajstić information content (AvgIpc) is 2.66. The fourth-order valence-electron chi connectivity index (χ4n) is 2.76. The van der Waals surface area contributed by atoms with E-state index in [-0.39, 0.29) is 6.04 Å². The van der Waals surface area contributed by atoms with Crippen LogP contribution in [0, 0.1) is 13.8 Å². The molecule has 2 aromatic carbocycles. The van der Waals surface area contributed by atoms with Crippen molar-refractivity contribution in [2.24, 2.45) is 0 Å². The first kappa shape index (κ1) is 17.7. The molecule has 0 aliphatic rings. The van der Waals surface area contributed by atoms with Crippen molar-refractivity contribution in [3.05, 3.63) is 95.3 Å². The van der Waals surface area contributed by atoms with E-state index in [0.29, 0.717) is 0 Å². The van der Waals surface area contributed by atoms with Crippen LogP contribution in [-0.4, -0.2) is 17.3 Å². The molecular weight excluding hydrogens is 324 g/mol. The molecular formula is C22H24N2S. The minimum atomic E-state index is 0.128. The highest BCUT2D eigenvalue weighted by atomic mass is 32.2. The van der Waals surface area contributed by atoms with Crippen LogP contribution in [0.15, 0.2) is 77.8 Å². The maximum Gasteiger partial charge on any atom is 0.0751 e. The molecule has 1 unspecified atom stereocenters. The van der Waals surface area contributed by atoms with Crippen LogP contribution in [0.4, 0.5) is 0 Å². The zero-order valence-electron chi connectivity index (χ0n) is 14.8. The molecule has 1 heterocycles. The Hall–Kier alpha value is -2.10. The van der Waals surface area contributed by atoms with E-state index in [1.54, 1.807) is 0 Å². The number of hydrogen-bond donors (Lipinski definition) is 1. The number of nitrogens with one attached hydrogen (secondary N) is 1. The highest BCUT2D eigenvalue weighted by molar-refractivity contribution is 7.99. The standard InChI is InChI=1S/C22H24N2S/c1-17-11-12-20(16-18(17)2)25-15-14-24-22(19-8-4-3-5-9-19)21-10-6-7-13-23-21/h3-13,16,22,24H,14-15H2,1-2H3. The molecule has 0 aliphatic heterocycles. The molecule has 3 aromatic rings. The zero-order chi connectivity index (χ0) is 17.5. The van der Waals surface area contributed by atoms with E-state index in [2.05, 4.69) is 78.7 Å². The molecule has 3 rings (SSSR count). The van der Waals surface area contributed by atoms with E-state index in [1.165, 1.54) is 21.6 Å². The number of thioether (sulfide) groups is 1. The van der Waals surface area contributed by atoms with E-state index in [1.807, 2.05) is 30.1 Å². The summed E-state index contributed by atoms with van der Waals surface area (Å²) in [6, 6.07) is 23.4. The van der Waals surface area contributed by atoms with Crippen LogP contribution in [0.1, 0.15) is 28.4 Å². The van der Waals surface area contributed by atoms with Crippen LogP contribution >= 0.6 is 11.8 Å². The monoisotopic (exact) mass is 348 g/mol. The van der Waals surface area contributed by atoms with Gasteiger partial charge in [-0.25, -0.2) is 0 Å². The number of nitrogens with zero attached hydrogens (tertiary/aromatic N) is 1. The van der Waals surface area contributed by atoms with Gasteiger partial charge >= 0.3 is 0 Å². The second-order valence-corrected chi connectivity index (χ2v) is 7.32. The first-order valence-corrected chi connectivity index (χ1v) is 9.62. The van der Waals surface area contributed by atoms with Crippen LogP contribution in [-0.2, 0) is 0 Å². The number of pyridine rings is 1. The van der Waals surface area contributed by atoms with Gasteiger partial charge in [0.05, 0.1) is 11.7 Å². The van der Waals surface area contributed by atoms with Gasteiger partial charge in [0.25, 0.3) is 0 Å². The van der Waals surface area contributed by atoms with Crippen LogP contribution < -0.4 is 5.32 Å². The minimum absolute atomic E-state index is 0.128. The number of aryl methyl sites for hydroxylation is 2. The smallest absolute Gasteiger partial charge is 0.0751 e. The van der Waals surface area contributed by atoms with Crippen molar-refractivity contribution in [1.82, 2.24) is 10.3 Å². The van der Waals surface area contributed by atoms with Crippen LogP contribution in [0.3, 0.4) is 0 Å². The van der Waals surface area contributed by atoms with Crippen molar-refractivity contribution in [2.45, 2.75) is 24.8 Å². The second kappa shape index (κ2) is 8.84. The quantitative estimate of drug-likeness (QED) is 0.471. The molecule has 0 saturated carbocycles. The Balaban J connectivity index is 1.62. The van der Waals surface area contributed by atoms with E-state index < -0.39 is 0 Å². The van der Waals surface area contributed by atoms with Gasteiger partial charge in [0.2, 0.25) is 0 Å². The molecule has 25 heavy (non-hydrogen) atoms. The van der Waals surface area contributed by atoms with E-state index in [9.17, 15) is 0 Å². The highest BCUT2D eigenvalue weighted by Crippen LogP contribution is 2.22. The SMILES string of the molecule is Cc1ccc(SCCNC(c2ccccc2)c2ccccn2)cc1C. The van der Waals surface area contributed by atoms with Gasteiger partial charge in [-0.2, -0.15) is 0 Å². The Kier molecular flexibility index (Phi) is 6.26. The predicted octanol–water partition coefficient (Wildman–Crippen LogP) is 5.17. The predicted molar refractivity (Wildman–Crippen MR) is 107 cm³/mol. The molecule has 0 bridgehead atoms. The molecule has 0 aliphatic carbocycles. The molecule has 1 aromatic heterocycles.